The number of Topliss-reactive ketones (excluding diaryl/α,β-unsaturated/α-hetero) is 1. The molecule has 0 aliphatic carbocycles. The molecule has 4 rings (SSSR count). The van der Waals surface area contributed by atoms with E-state index >= 15 is 0 Å². The van der Waals surface area contributed by atoms with Gasteiger partial charge in [-0.1, -0.05) is 4.85 Å². The lowest BCUT2D eigenvalue weighted by Crippen LogP contribution is -2.40. The Bertz CT molecular complexity index is 1220. The number of morpholine rings is 1. The van der Waals surface area contributed by atoms with E-state index < -0.39 is 10.0 Å². The molecule has 0 N–H and O–H groups in total. The summed E-state index contributed by atoms with van der Waals surface area (Å²) in [6.45, 7) is 2.87. The molecule has 1 fully saturated rings. The molecular formula is C20H22N4O6S. The Morgan fingerprint density at radius 2 is 1.94 bits per heavy atom. The van der Waals surface area contributed by atoms with Crippen molar-refractivity contribution in [3.63, 3.8) is 0 Å². The zero-order valence-corrected chi connectivity index (χ0v) is 18.0. The Balaban J connectivity index is 1.62. The van der Waals surface area contributed by atoms with Crippen LogP contribution >= 0.6 is 0 Å². The largest absolute Gasteiger partial charge is 0.496 e. The summed E-state index contributed by atoms with van der Waals surface area (Å²) in [6.07, 6.45) is 0. The first-order chi connectivity index (χ1) is 14.9. The fraction of sp³-hybridized carbons (Fsp3) is 0.350. The van der Waals surface area contributed by atoms with Gasteiger partial charge in [0.15, 0.2) is 5.78 Å². The molecule has 0 radical (unpaired) electrons. The summed E-state index contributed by atoms with van der Waals surface area (Å²) in [5.41, 5.74) is 2.08. The van der Waals surface area contributed by atoms with Crippen molar-refractivity contribution >= 4 is 26.8 Å². The highest BCUT2D eigenvalue weighted by Crippen LogP contribution is 2.23. The second-order valence-corrected chi connectivity index (χ2v) is 8.92. The van der Waals surface area contributed by atoms with Crippen LogP contribution in [0, 0.1) is 0 Å². The lowest BCUT2D eigenvalue weighted by Gasteiger charge is -2.26. The highest BCUT2D eigenvalue weighted by Gasteiger charge is 2.27. The van der Waals surface area contributed by atoms with Gasteiger partial charge in [-0.2, -0.15) is 4.31 Å². The van der Waals surface area contributed by atoms with Crippen LogP contribution < -0.4 is 9.57 Å². The number of carbonyl (C=O) groups is 1. The summed E-state index contributed by atoms with van der Waals surface area (Å²) >= 11 is 0. The summed E-state index contributed by atoms with van der Waals surface area (Å²) in [4.78, 5) is 18.8. The molecule has 0 unspecified atom stereocenters. The number of sulfonamides is 1. The zero-order valence-electron chi connectivity index (χ0n) is 17.1. The molecule has 0 spiro atoms. The van der Waals surface area contributed by atoms with E-state index in [1.165, 1.54) is 35.3 Å². The highest BCUT2D eigenvalue weighted by atomic mass is 32.2. The van der Waals surface area contributed by atoms with Crippen molar-refractivity contribution in [2.24, 2.45) is 0 Å². The Labute approximate surface area is 179 Å². The van der Waals surface area contributed by atoms with Gasteiger partial charge in [0, 0.05) is 24.2 Å². The van der Waals surface area contributed by atoms with Gasteiger partial charge >= 0.3 is 0 Å². The van der Waals surface area contributed by atoms with E-state index in [2.05, 4.69) is 10.3 Å². The number of aromatic nitrogens is 3. The van der Waals surface area contributed by atoms with Crippen LogP contribution in [-0.4, -0.2) is 67.1 Å². The first-order valence-corrected chi connectivity index (χ1v) is 11.1. The van der Waals surface area contributed by atoms with E-state index in [-0.39, 0.29) is 17.3 Å². The summed E-state index contributed by atoms with van der Waals surface area (Å²) < 4.78 is 37.9. The number of hydrogen-bond donors (Lipinski definition) is 0. The first-order valence-electron chi connectivity index (χ1n) is 9.64. The minimum atomic E-state index is -3.67. The molecule has 0 bridgehead atoms. The fourth-order valence-corrected chi connectivity index (χ4v) is 4.74. The minimum absolute atomic E-state index is 0.0448. The smallest absolute Gasteiger partial charge is 0.243 e. The van der Waals surface area contributed by atoms with E-state index in [1.54, 1.807) is 24.3 Å². The monoisotopic (exact) mass is 446 g/mol. The van der Waals surface area contributed by atoms with Crippen LogP contribution in [0.1, 0.15) is 22.8 Å². The maximum absolute atomic E-state index is 13.0. The van der Waals surface area contributed by atoms with Gasteiger partial charge in [0.2, 0.25) is 10.0 Å². The summed E-state index contributed by atoms with van der Waals surface area (Å²) in [6, 6.07) is 9.65. The van der Waals surface area contributed by atoms with Crippen LogP contribution in [0.15, 0.2) is 41.3 Å². The number of ether oxygens (including phenoxy) is 2. The quantitative estimate of drug-likeness (QED) is 0.499. The normalized spacial score (nSPS) is 15.2. The van der Waals surface area contributed by atoms with E-state index in [9.17, 15) is 13.2 Å². The molecule has 1 aromatic heterocycles. The van der Waals surface area contributed by atoms with Crippen LogP contribution in [0.5, 0.6) is 5.75 Å². The summed E-state index contributed by atoms with van der Waals surface area (Å²) in [7, 11) is -2.14. The molecule has 164 valence electrons. The van der Waals surface area contributed by atoms with Gasteiger partial charge < -0.3 is 14.3 Å². The number of fused-ring (bicyclic) bond motifs is 1. The highest BCUT2D eigenvalue weighted by molar-refractivity contribution is 7.89. The predicted octanol–water partition coefficient (Wildman–Crippen LogP) is 1.29. The van der Waals surface area contributed by atoms with Crippen LogP contribution in [-0.2, 0) is 21.4 Å². The van der Waals surface area contributed by atoms with E-state index in [0.29, 0.717) is 54.2 Å². The van der Waals surface area contributed by atoms with Crippen molar-refractivity contribution in [2.75, 3.05) is 33.4 Å². The topological polar surface area (TPSA) is 113 Å². The molecule has 10 nitrogen and oxygen atoms in total. The van der Waals surface area contributed by atoms with Crippen LogP contribution in [0.4, 0.5) is 0 Å². The van der Waals surface area contributed by atoms with Crippen molar-refractivity contribution in [1.29, 1.82) is 0 Å². The third-order valence-corrected chi connectivity index (χ3v) is 6.92. The van der Waals surface area contributed by atoms with Gasteiger partial charge in [0.25, 0.3) is 0 Å². The minimum Gasteiger partial charge on any atom is -0.496 e. The molecule has 2 heterocycles. The molecular weight excluding hydrogens is 424 g/mol. The SMILES string of the molecule is COc1ccc(C(C)=O)cc1COn1nnc2ccc(S(=O)(=O)N3CCOCC3)cc21. The van der Waals surface area contributed by atoms with E-state index in [1.807, 2.05) is 0 Å². The van der Waals surface area contributed by atoms with Crippen molar-refractivity contribution in [2.45, 2.75) is 18.4 Å². The lowest BCUT2D eigenvalue weighted by molar-refractivity contribution is 0.0727. The number of rotatable bonds is 7. The molecule has 1 aliphatic heterocycles. The third kappa shape index (κ3) is 4.24. The number of ketones is 1. The Morgan fingerprint density at radius 1 is 1.16 bits per heavy atom. The second-order valence-electron chi connectivity index (χ2n) is 6.99. The third-order valence-electron chi connectivity index (χ3n) is 5.02. The Hall–Kier alpha value is -3.02. The van der Waals surface area contributed by atoms with Crippen molar-refractivity contribution in [3.05, 3.63) is 47.5 Å². The maximum Gasteiger partial charge on any atom is 0.243 e. The molecule has 0 amide bonds. The number of carbonyl (C=O) groups excluding carboxylic acids is 1. The van der Waals surface area contributed by atoms with Crippen molar-refractivity contribution in [3.8, 4) is 5.75 Å². The molecule has 11 heteroatoms. The maximum atomic E-state index is 13.0. The molecule has 0 atom stereocenters. The average molecular weight is 446 g/mol. The van der Waals surface area contributed by atoms with Gasteiger partial charge in [-0.3, -0.25) is 4.79 Å². The number of methoxy groups -OCH3 is 1. The molecule has 2 aromatic carbocycles. The predicted molar refractivity (Wildman–Crippen MR) is 110 cm³/mol. The van der Waals surface area contributed by atoms with Gasteiger partial charge in [-0.15, -0.1) is 5.10 Å². The van der Waals surface area contributed by atoms with Gasteiger partial charge in [0.1, 0.15) is 23.4 Å². The second kappa shape index (κ2) is 8.61. The number of benzene rings is 2. The number of hydrogen-bond acceptors (Lipinski definition) is 8. The zero-order chi connectivity index (χ0) is 22.0. The summed E-state index contributed by atoms with van der Waals surface area (Å²) in [5, 5.41) is 8.00. The molecule has 1 aliphatic rings. The van der Waals surface area contributed by atoms with Crippen molar-refractivity contribution in [1.82, 2.24) is 19.5 Å². The van der Waals surface area contributed by atoms with E-state index in [4.69, 9.17) is 14.3 Å². The standard InChI is InChI=1S/C20H22N4O6S/c1-14(25)15-3-6-20(28-2)16(11-15)13-30-24-19-12-17(4-5-18(19)21-22-24)31(26,27)23-7-9-29-10-8-23/h3-6,11-12H,7-10,13H2,1-2H3. The average Bonchev–Trinajstić information content (AvgIpc) is 3.20. The van der Waals surface area contributed by atoms with Gasteiger partial charge in [0.05, 0.1) is 25.2 Å². The van der Waals surface area contributed by atoms with Crippen LogP contribution in [0.25, 0.3) is 11.0 Å². The first kappa shape index (κ1) is 21.2. The van der Waals surface area contributed by atoms with Crippen LogP contribution in [0.2, 0.25) is 0 Å². The lowest BCUT2D eigenvalue weighted by atomic mass is 10.1. The Morgan fingerprint density at radius 3 is 2.65 bits per heavy atom. The molecule has 31 heavy (non-hydrogen) atoms. The summed E-state index contributed by atoms with van der Waals surface area (Å²) in [5.74, 6) is 0.484. The number of nitrogens with zero attached hydrogens (tertiary/aromatic N) is 4. The van der Waals surface area contributed by atoms with Gasteiger partial charge in [-0.25, -0.2) is 8.42 Å². The molecule has 1 saturated heterocycles. The van der Waals surface area contributed by atoms with Gasteiger partial charge in [-0.05, 0) is 48.5 Å². The van der Waals surface area contributed by atoms with Crippen LogP contribution in [0.3, 0.4) is 0 Å². The fourth-order valence-electron chi connectivity index (χ4n) is 3.31. The Kier molecular flexibility index (Phi) is 5.90. The van der Waals surface area contributed by atoms with E-state index in [0.717, 1.165) is 0 Å². The molecule has 3 aromatic rings. The molecule has 0 saturated carbocycles. The van der Waals surface area contributed by atoms with Crippen molar-refractivity contribution < 1.29 is 27.5 Å².